The highest BCUT2D eigenvalue weighted by molar-refractivity contribution is 6.33. The number of carbonyl (C=O) groups excluding carboxylic acids is 5. The molecule has 0 bridgehead atoms. The van der Waals surface area contributed by atoms with Crippen molar-refractivity contribution < 1.29 is 47.7 Å². The molecule has 0 aliphatic carbocycles. The van der Waals surface area contributed by atoms with Crippen LogP contribution in [0.25, 0.3) is 43.6 Å². The highest BCUT2D eigenvalue weighted by Gasteiger charge is 2.22. The summed E-state index contributed by atoms with van der Waals surface area (Å²) < 4.78 is 28.6. The molecule has 0 radical (unpaired) electrons. The van der Waals surface area contributed by atoms with E-state index in [0.717, 1.165) is 28.2 Å². The number of hydrogen-bond donors (Lipinski definition) is 0. The van der Waals surface area contributed by atoms with Crippen molar-refractivity contribution in [2.75, 3.05) is 46.2 Å². The monoisotopic (exact) mass is 972 g/mol. The van der Waals surface area contributed by atoms with Gasteiger partial charge in [-0.15, -0.1) is 0 Å². The third-order valence-corrected chi connectivity index (χ3v) is 10.6. The molecule has 5 heterocycles. The summed E-state index contributed by atoms with van der Waals surface area (Å²) in [5, 5.41) is 3.08. The van der Waals surface area contributed by atoms with Crippen LogP contribution in [0.15, 0.2) is 125 Å². The van der Waals surface area contributed by atoms with Gasteiger partial charge in [0.05, 0.1) is 62.7 Å². The number of rotatable bonds is 13. The molecule has 0 N–H and O–H groups in total. The van der Waals surface area contributed by atoms with Gasteiger partial charge in [-0.25, -0.2) is 14.6 Å². The predicted molar refractivity (Wildman–Crippen MR) is 262 cm³/mol. The van der Waals surface area contributed by atoms with E-state index in [9.17, 15) is 24.0 Å². The minimum absolute atomic E-state index is 0.00364. The summed E-state index contributed by atoms with van der Waals surface area (Å²) in [7, 11) is 4.58. The largest absolute Gasteiger partial charge is 0.462 e. The van der Waals surface area contributed by atoms with Crippen LogP contribution in [-0.2, 0) is 53.2 Å². The van der Waals surface area contributed by atoms with Gasteiger partial charge in [0.15, 0.2) is 0 Å². The second-order valence-electron chi connectivity index (χ2n) is 14.6. The number of fused-ring (bicyclic) bond motifs is 6. The minimum Gasteiger partial charge on any atom is -0.462 e. The number of anilines is 1. The molecule has 362 valence electrons. The van der Waals surface area contributed by atoms with E-state index < -0.39 is 11.9 Å². The molecule has 8 aromatic rings. The fourth-order valence-electron chi connectivity index (χ4n) is 7.36. The van der Waals surface area contributed by atoms with Crippen LogP contribution in [0.2, 0.25) is 5.15 Å². The quantitative estimate of drug-likeness (QED) is 0.0470. The Hall–Kier alpha value is -7.99. The summed E-state index contributed by atoms with van der Waals surface area (Å²) >= 11 is 6.00. The molecule has 0 saturated heterocycles. The summed E-state index contributed by atoms with van der Waals surface area (Å²) in [5.41, 5.74) is 5.25. The number of hydrogen-bond acceptors (Lipinski definition) is 15. The number of halogens is 1. The molecule has 0 fully saturated rings. The highest BCUT2D eigenvalue weighted by Crippen LogP contribution is 2.26. The zero-order valence-electron chi connectivity index (χ0n) is 39.2. The van der Waals surface area contributed by atoms with Crippen molar-refractivity contribution in [3.63, 3.8) is 0 Å². The van der Waals surface area contributed by atoms with Crippen LogP contribution in [0, 0.1) is 0 Å². The Bertz CT molecular complexity index is 3300. The van der Waals surface area contributed by atoms with Gasteiger partial charge in [-0.2, -0.15) is 9.59 Å². The summed E-state index contributed by atoms with van der Waals surface area (Å²) in [6.07, 6.45) is 6.02. The Morgan fingerprint density at radius 1 is 0.629 bits per heavy atom. The van der Waals surface area contributed by atoms with Gasteiger partial charge in [0.2, 0.25) is 0 Å². The van der Waals surface area contributed by atoms with Gasteiger partial charge in [-0.05, 0) is 105 Å². The molecule has 8 rings (SSSR count). The maximum absolute atomic E-state index is 12.8. The molecule has 18 nitrogen and oxygen atoms in total. The number of aryl methyl sites for hydroxylation is 1. The van der Waals surface area contributed by atoms with Crippen LogP contribution in [0.5, 0.6) is 0 Å². The molecular formula is C51H49ClN6O12. The Labute approximate surface area is 405 Å². The molecule has 0 spiro atoms. The lowest BCUT2D eigenvalue weighted by molar-refractivity contribution is -0.191. The zero-order chi connectivity index (χ0) is 50.7. The third-order valence-electron chi connectivity index (χ3n) is 10.3. The highest BCUT2D eigenvalue weighted by atomic mass is 35.5. The second kappa shape index (κ2) is 26.0. The molecule has 1 amide bonds. The van der Waals surface area contributed by atoms with Crippen LogP contribution >= 0.6 is 11.6 Å². The van der Waals surface area contributed by atoms with Crippen molar-refractivity contribution in [3.05, 3.63) is 164 Å². The van der Waals surface area contributed by atoms with E-state index >= 15 is 0 Å². The van der Waals surface area contributed by atoms with Crippen molar-refractivity contribution in [1.82, 2.24) is 24.1 Å². The van der Waals surface area contributed by atoms with Crippen molar-refractivity contribution in [3.8, 4) is 0 Å². The van der Waals surface area contributed by atoms with E-state index in [4.69, 9.17) is 44.9 Å². The molecular weight excluding hydrogens is 924 g/mol. The number of amides is 1. The fraction of sp³-hybridized carbons (Fsp3) is 0.235. The van der Waals surface area contributed by atoms with Gasteiger partial charge in [0, 0.05) is 56.4 Å². The lowest BCUT2D eigenvalue weighted by Gasteiger charge is -2.22. The van der Waals surface area contributed by atoms with Gasteiger partial charge in [-0.3, -0.25) is 38.4 Å². The van der Waals surface area contributed by atoms with Crippen LogP contribution in [0.3, 0.4) is 0 Å². The Kier molecular flexibility index (Phi) is 19.6. The first kappa shape index (κ1) is 53.0. The standard InChI is InChI=1S/C17H17ClN2O4.C17H16N2O4.C16H16N2O2.CO2/c1-3-24-17(22)12-6-4-7-13(10-12)20(11-23-2)16(21)14-8-5-9-19-15(14)18;1-3-23-17(21)11-6-7-12-14(9-11)19(10-22-2)16(20)13-5-4-8-18-15(12)13;1-3-11-6-4-8-13-14(11)15-12(7-5-9-17-15)16(19)18(13)10-20-2;2-1-3/h4-10H,3,11H2,1-2H3;4-9H,3,10H2,1-2H3;4-9H,3,10H2,1-2H3;. The first-order valence-corrected chi connectivity index (χ1v) is 22.0. The van der Waals surface area contributed by atoms with Crippen molar-refractivity contribution in [2.45, 2.75) is 40.7 Å². The van der Waals surface area contributed by atoms with E-state index in [1.54, 1.807) is 111 Å². The number of pyridine rings is 5. The van der Waals surface area contributed by atoms with E-state index in [2.05, 4.69) is 27.9 Å². The molecule has 0 aliphatic heterocycles. The summed E-state index contributed by atoms with van der Waals surface area (Å²) in [6, 6.07) is 27.9. The lowest BCUT2D eigenvalue weighted by atomic mass is 10.0. The maximum Gasteiger partial charge on any atom is 0.373 e. The molecule has 3 aromatic carbocycles. The number of nitrogens with zero attached hydrogens (tertiary/aromatic N) is 6. The number of ether oxygens (including phenoxy) is 5. The van der Waals surface area contributed by atoms with Crippen molar-refractivity contribution in [2.24, 2.45) is 0 Å². The van der Waals surface area contributed by atoms with Crippen molar-refractivity contribution >= 4 is 84.9 Å². The van der Waals surface area contributed by atoms with E-state index in [1.165, 1.54) is 35.4 Å². The smallest absolute Gasteiger partial charge is 0.373 e. The van der Waals surface area contributed by atoms with Gasteiger partial charge >= 0.3 is 18.1 Å². The number of aromatic nitrogens is 5. The van der Waals surface area contributed by atoms with E-state index in [0.29, 0.717) is 45.2 Å². The summed E-state index contributed by atoms with van der Waals surface area (Å²) in [4.78, 5) is 92.1. The van der Waals surface area contributed by atoms with E-state index in [-0.39, 0.29) is 60.7 Å². The number of benzene rings is 3. The Balaban J connectivity index is 0.000000191. The SMILES string of the molecule is CCOC(=O)c1ccc2c3ncccc3c(=O)n(COC)c2c1.CCOC(=O)c1cccc(N(COC)C(=O)c2cccnc2Cl)c1.CCc1cccc2c1c1ncccc1c(=O)n2COC.O=C=O. The Morgan fingerprint density at radius 3 is 1.77 bits per heavy atom. The van der Waals surface area contributed by atoms with Crippen LogP contribution in [0.1, 0.15) is 57.4 Å². The third kappa shape index (κ3) is 12.2. The molecule has 0 atom stereocenters. The predicted octanol–water partition coefficient (Wildman–Crippen LogP) is 7.63. The fourth-order valence-corrected chi connectivity index (χ4v) is 7.56. The molecule has 70 heavy (non-hydrogen) atoms. The molecule has 19 heteroatoms. The maximum atomic E-state index is 12.8. The topological polar surface area (TPSA) is 217 Å². The average Bonchev–Trinajstić information content (AvgIpc) is 3.38. The zero-order valence-corrected chi connectivity index (χ0v) is 39.9. The second-order valence-corrected chi connectivity index (χ2v) is 14.9. The number of esters is 2. The van der Waals surface area contributed by atoms with Crippen molar-refractivity contribution in [1.29, 1.82) is 0 Å². The minimum atomic E-state index is -0.455. The first-order valence-electron chi connectivity index (χ1n) is 21.6. The van der Waals surface area contributed by atoms with Gasteiger partial charge in [0.25, 0.3) is 17.0 Å². The average molecular weight is 973 g/mol. The van der Waals surface area contributed by atoms with Crippen LogP contribution < -0.4 is 16.0 Å². The molecule has 5 aromatic heterocycles. The molecule has 0 saturated carbocycles. The molecule has 0 aliphatic rings. The number of methoxy groups -OCH3 is 3. The first-order chi connectivity index (χ1) is 33.9. The van der Waals surface area contributed by atoms with E-state index in [1.807, 2.05) is 18.2 Å². The van der Waals surface area contributed by atoms with Gasteiger partial charge in [-0.1, -0.05) is 36.7 Å². The summed E-state index contributed by atoms with van der Waals surface area (Å²) in [5.74, 6) is -1.26. The van der Waals surface area contributed by atoms with Crippen LogP contribution in [-0.4, -0.2) is 89.4 Å². The van der Waals surface area contributed by atoms with Crippen LogP contribution in [0.4, 0.5) is 5.69 Å². The number of carbonyl (C=O) groups is 3. The Morgan fingerprint density at radius 2 is 1.19 bits per heavy atom. The summed E-state index contributed by atoms with van der Waals surface area (Å²) in [6.45, 7) is 6.48. The van der Waals surface area contributed by atoms with Gasteiger partial charge in [0.1, 0.15) is 25.3 Å². The van der Waals surface area contributed by atoms with Gasteiger partial charge < -0.3 is 23.7 Å². The molecule has 0 unspecified atom stereocenters. The lowest BCUT2D eigenvalue weighted by Crippen LogP contribution is -2.33. The normalized spacial score (nSPS) is 10.5.